The van der Waals surface area contributed by atoms with Gasteiger partial charge in [-0.1, -0.05) is 25.5 Å². The van der Waals surface area contributed by atoms with Gasteiger partial charge in [-0.25, -0.2) is 4.79 Å². The Kier molecular flexibility index (Phi) is 5.75. The van der Waals surface area contributed by atoms with Crippen LogP contribution in [0.4, 0.5) is 5.69 Å². The van der Waals surface area contributed by atoms with Crippen LogP contribution in [0.1, 0.15) is 36.5 Å². The van der Waals surface area contributed by atoms with E-state index in [0.717, 1.165) is 12.8 Å². The van der Waals surface area contributed by atoms with Crippen molar-refractivity contribution in [1.29, 1.82) is 0 Å². The highest BCUT2D eigenvalue weighted by molar-refractivity contribution is 6.01. The summed E-state index contributed by atoms with van der Waals surface area (Å²) in [5.74, 6) is -0.211. The maximum atomic E-state index is 12.0. The predicted molar refractivity (Wildman–Crippen MR) is 79.2 cm³/mol. The van der Waals surface area contributed by atoms with E-state index in [9.17, 15) is 9.59 Å². The van der Waals surface area contributed by atoms with Crippen LogP contribution in [-0.2, 0) is 14.3 Å². The molecule has 0 bridgehead atoms. The van der Waals surface area contributed by atoms with Crippen molar-refractivity contribution in [3.63, 3.8) is 0 Å². The first kappa shape index (κ1) is 15.5. The lowest BCUT2D eigenvalue weighted by Gasteiger charge is -2.25. The van der Waals surface area contributed by atoms with E-state index in [1.165, 1.54) is 0 Å². The zero-order valence-corrected chi connectivity index (χ0v) is 12.3. The van der Waals surface area contributed by atoms with Crippen molar-refractivity contribution in [2.24, 2.45) is 5.92 Å². The zero-order chi connectivity index (χ0) is 15.1. The zero-order valence-electron chi connectivity index (χ0n) is 12.3. The lowest BCUT2D eigenvalue weighted by molar-refractivity contribution is -0.121. The fourth-order valence-corrected chi connectivity index (χ4v) is 2.02. The summed E-state index contributed by atoms with van der Waals surface area (Å²) in [5, 5.41) is 2.79. The van der Waals surface area contributed by atoms with Gasteiger partial charge in [-0.2, -0.15) is 0 Å². The van der Waals surface area contributed by atoms with Crippen LogP contribution in [0.3, 0.4) is 0 Å². The number of benzene rings is 1. The molecular formula is C16H21NO4. The smallest absolute Gasteiger partial charge is 0.340 e. The molecule has 0 unspecified atom stereocenters. The van der Waals surface area contributed by atoms with Crippen LogP contribution < -0.4 is 5.32 Å². The van der Waals surface area contributed by atoms with Gasteiger partial charge in [0.05, 0.1) is 31.1 Å². The molecule has 1 aromatic rings. The topological polar surface area (TPSA) is 64.6 Å². The van der Waals surface area contributed by atoms with Crippen LogP contribution in [0.25, 0.3) is 0 Å². The molecular weight excluding hydrogens is 270 g/mol. The van der Waals surface area contributed by atoms with Crippen molar-refractivity contribution in [3.8, 4) is 0 Å². The van der Waals surface area contributed by atoms with Crippen LogP contribution in [-0.4, -0.2) is 31.7 Å². The van der Waals surface area contributed by atoms with Crippen LogP contribution in [0.5, 0.6) is 0 Å². The SMILES string of the molecule is CCCCOC(=O)c1ccccc1NC(=O)CC1COC1. The second-order valence-corrected chi connectivity index (χ2v) is 5.19. The number of hydrogen-bond donors (Lipinski definition) is 1. The van der Waals surface area contributed by atoms with Gasteiger partial charge in [-0.15, -0.1) is 0 Å². The standard InChI is InChI=1S/C16H21NO4/c1-2-3-8-21-16(19)13-6-4-5-7-14(13)17-15(18)9-12-10-20-11-12/h4-7,12H,2-3,8-11H2,1H3,(H,17,18). The average molecular weight is 291 g/mol. The van der Waals surface area contributed by atoms with Crippen LogP contribution in [0, 0.1) is 5.92 Å². The summed E-state index contributed by atoms with van der Waals surface area (Å²) in [4.78, 5) is 23.9. The van der Waals surface area contributed by atoms with E-state index in [1.54, 1.807) is 24.3 Å². The summed E-state index contributed by atoms with van der Waals surface area (Å²) in [6.07, 6.45) is 2.22. The van der Waals surface area contributed by atoms with Gasteiger partial charge >= 0.3 is 5.97 Å². The molecule has 1 saturated heterocycles. The molecule has 1 aromatic carbocycles. The monoisotopic (exact) mass is 291 g/mol. The van der Waals surface area contributed by atoms with Crippen molar-refractivity contribution in [2.45, 2.75) is 26.2 Å². The Morgan fingerprint density at radius 2 is 2.10 bits per heavy atom. The molecule has 0 spiro atoms. The highest BCUT2D eigenvalue weighted by Crippen LogP contribution is 2.19. The summed E-state index contributed by atoms with van der Waals surface area (Å²) >= 11 is 0. The van der Waals surface area contributed by atoms with Crippen molar-refractivity contribution in [2.75, 3.05) is 25.1 Å². The summed E-state index contributed by atoms with van der Waals surface area (Å²) < 4.78 is 10.2. The molecule has 5 heteroatoms. The van der Waals surface area contributed by atoms with Gasteiger partial charge in [0.2, 0.25) is 5.91 Å². The minimum Gasteiger partial charge on any atom is -0.462 e. The molecule has 5 nitrogen and oxygen atoms in total. The quantitative estimate of drug-likeness (QED) is 0.619. The summed E-state index contributed by atoms with van der Waals surface area (Å²) in [7, 11) is 0. The maximum Gasteiger partial charge on any atom is 0.340 e. The average Bonchev–Trinajstić information content (AvgIpc) is 2.44. The van der Waals surface area contributed by atoms with E-state index in [2.05, 4.69) is 5.32 Å². The molecule has 0 aromatic heterocycles. The molecule has 1 amide bonds. The molecule has 1 heterocycles. The van der Waals surface area contributed by atoms with Crippen LogP contribution in [0.2, 0.25) is 0 Å². The fraction of sp³-hybridized carbons (Fsp3) is 0.500. The number of para-hydroxylation sites is 1. The molecule has 0 atom stereocenters. The molecule has 1 fully saturated rings. The number of hydrogen-bond acceptors (Lipinski definition) is 4. The Morgan fingerprint density at radius 1 is 1.33 bits per heavy atom. The molecule has 114 valence electrons. The van der Waals surface area contributed by atoms with Gasteiger partial charge in [0.15, 0.2) is 0 Å². The van der Waals surface area contributed by atoms with E-state index in [1.807, 2.05) is 6.92 Å². The van der Waals surface area contributed by atoms with Gasteiger partial charge in [0, 0.05) is 12.3 Å². The molecule has 0 saturated carbocycles. The summed E-state index contributed by atoms with van der Waals surface area (Å²) in [6.45, 7) is 3.70. The third-order valence-corrected chi connectivity index (χ3v) is 3.33. The lowest BCUT2D eigenvalue weighted by atomic mass is 10.0. The summed E-state index contributed by atoms with van der Waals surface area (Å²) in [5.41, 5.74) is 0.899. The molecule has 21 heavy (non-hydrogen) atoms. The Morgan fingerprint density at radius 3 is 2.76 bits per heavy atom. The molecule has 1 aliphatic rings. The second kappa shape index (κ2) is 7.78. The maximum absolute atomic E-state index is 12.0. The number of carbonyl (C=O) groups excluding carboxylic acids is 2. The molecule has 0 radical (unpaired) electrons. The Hall–Kier alpha value is -1.88. The molecule has 1 N–H and O–H groups in total. The van der Waals surface area contributed by atoms with Gasteiger partial charge in [-0.05, 0) is 18.6 Å². The number of rotatable bonds is 7. The van der Waals surface area contributed by atoms with Gasteiger partial charge in [0.25, 0.3) is 0 Å². The third-order valence-electron chi connectivity index (χ3n) is 3.33. The number of nitrogens with one attached hydrogen (secondary N) is 1. The van der Waals surface area contributed by atoms with Crippen molar-refractivity contribution < 1.29 is 19.1 Å². The Bertz CT molecular complexity index is 497. The molecule has 0 aliphatic carbocycles. The third kappa shape index (κ3) is 4.56. The van der Waals surface area contributed by atoms with Crippen molar-refractivity contribution >= 4 is 17.6 Å². The number of unbranched alkanes of at least 4 members (excludes halogenated alkanes) is 1. The van der Waals surface area contributed by atoms with Crippen LogP contribution in [0.15, 0.2) is 24.3 Å². The van der Waals surface area contributed by atoms with Crippen LogP contribution >= 0.6 is 0 Å². The van der Waals surface area contributed by atoms with Crippen molar-refractivity contribution in [1.82, 2.24) is 0 Å². The van der Waals surface area contributed by atoms with E-state index in [0.29, 0.717) is 37.5 Å². The first-order chi connectivity index (χ1) is 10.2. The fourth-order valence-electron chi connectivity index (χ4n) is 2.02. The second-order valence-electron chi connectivity index (χ2n) is 5.19. The van der Waals surface area contributed by atoms with Gasteiger partial charge in [0.1, 0.15) is 0 Å². The van der Waals surface area contributed by atoms with E-state index in [-0.39, 0.29) is 11.8 Å². The largest absolute Gasteiger partial charge is 0.462 e. The lowest BCUT2D eigenvalue weighted by Crippen LogP contribution is -2.31. The van der Waals surface area contributed by atoms with E-state index >= 15 is 0 Å². The molecule has 1 aliphatic heterocycles. The van der Waals surface area contributed by atoms with Gasteiger partial charge < -0.3 is 14.8 Å². The normalized spacial score (nSPS) is 14.3. The summed E-state index contributed by atoms with van der Waals surface area (Å²) in [6, 6.07) is 6.92. The van der Waals surface area contributed by atoms with E-state index < -0.39 is 5.97 Å². The van der Waals surface area contributed by atoms with E-state index in [4.69, 9.17) is 9.47 Å². The Balaban J connectivity index is 1.95. The number of esters is 1. The number of amides is 1. The first-order valence-corrected chi connectivity index (χ1v) is 7.34. The predicted octanol–water partition coefficient (Wildman–Crippen LogP) is 2.62. The number of ether oxygens (including phenoxy) is 2. The minimum absolute atomic E-state index is 0.0999. The number of carbonyl (C=O) groups is 2. The number of anilines is 1. The first-order valence-electron chi connectivity index (χ1n) is 7.34. The Labute approximate surface area is 124 Å². The highest BCUT2D eigenvalue weighted by atomic mass is 16.5. The van der Waals surface area contributed by atoms with Gasteiger partial charge in [-0.3, -0.25) is 4.79 Å². The molecule has 2 rings (SSSR count). The minimum atomic E-state index is -0.397. The highest BCUT2D eigenvalue weighted by Gasteiger charge is 2.22. The van der Waals surface area contributed by atoms with Crippen molar-refractivity contribution in [3.05, 3.63) is 29.8 Å².